The molecule has 4 aromatic heterocycles. The fourth-order valence-corrected chi connectivity index (χ4v) is 5.51. The van der Waals surface area contributed by atoms with Crippen molar-refractivity contribution in [3.63, 3.8) is 0 Å². The first-order valence-corrected chi connectivity index (χ1v) is 18.7. The minimum absolute atomic E-state index is 0. The number of hydrogen-bond acceptors (Lipinski definition) is 18. The van der Waals surface area contributed by atoms with E-state index in [1.807, 2.05) is 0 Å². The number of anilines is 4. The number of carboxylic acid groups (broad SMARTS) is 4. The first-order chi connectivity index (χ1) is 30.4. The van der Waals surface area contributed by atoms with Gasteiger partial charge < -0.3 is 58.6 Å². The predicted octanol–water partition coefficient (Wildman–Crippen LogP) is -0.917. The number of rotatable bonds is 18. The molecule has 0 spiro atoms. The Kier molecular flexibility index (Phi) is 18.6. The Morgan fingerprint density at radius 1 is 0.576 bits per heavy atom. The van der Waals surface area contributed by atoms with E-state index in [-0.39, 0.29) is 107 Å². The topological polar surface area (TPSA) is 458 Å². The molecular weight excluding hydrogens is 924 g/mol. The molecule has 28 heteroatoms. The number of aromatic amines is 2. The summed E-state index contributed by atoms with van der Waals surface area (Å²) in [5, 5.41) is 46.4. The van der Waals surface area contributed by atoms with E-state index in [1.54, 1.807) is 24.3 Å². The molecule has 2 aromatic carbocycles. The number of aromatic nitrogens is 8. The van der Waals surface area contributed by atoms with E-state index in [1.165, 1.54) is 36.7 Å². The number of nitrogen functional groups attached to an aromatic ring is 2. The van der Waals surface area contributed by atoms with Gasteiger partial charge in [0, 0.05) is 52.4 Å². The van der Waals surface area contributed by atoms with Crippen LogP contribution in [0.15, 0.2) is 70.5 Å². The molecule has 4 heterocycles. The largest absolute Gasteiger partial charge is 0.481 e. The molecule has 0 saturated heterocycles. The van der Waals surface area contributed by atoms with Crippen LogP contribution in [0.1, 0.15) is 57.8 Å². The summed E-state index contributed by atoms with van der Waals surface area (Å²) in [7, 11) is 0. The molecule has 2 atom stereocenters. The fourth-order valence-electron chi connectivity index (χ4n) is 5.51. The zero-order chi connectivity index (χ0) is 46.5. The van der Waals surface area contributed by atoms with Crippen LogP contribution in [-0.2, 0) is 49.3 Å². The number of fused-ring (bicyclic) bond motifs is 2. The maximum absolute atomic E-state index is 12.3. The summed E-state index contributed by atoms with van der Waals surface area (Å²) in [5.74, 6) is -6.31. The second kappa shape index (κ2) is 23.7. The quantitative estimate of drug-likeness (QED) is 0.0464. The Morgan fingerprint density at radius 2 is 0.924 bits per heavy atom. The van der Waals surface area contributed by atoms with Crippen LogP contribution in [0.5, 0.6) is 0 Å². The predicted molar refractivity (Wildman–Crippen MR) is 227 cm³/mol. The van der Waals surface area contributed by atoms with Crippen LogP contribution in [0, 0.1) is 0 Å². The van der Waals surface area contributed by atoms with Crippen LogP contribution >= 0.6 is 0 Å². The number of nitrogens with one attached hydrogen (secondary N) is 6. The third-order valence-electron chi connectivity index (χ3n) is 8.71. The first-order valence-electron chi connectivity index (χ1n) is 18.7. The molecule has 0 unspecified atom stereocenters. The molecule has 0 aliphatic heterocycles. The van der Waals surface area contributed by atoms with Crippen molar-refractivity contribution in [3.8, 4) is 0 Å². The van der Waals surface area contributed by atoms with Gasteiger partial charge in [-0.05, 0) is 61.4 Å². The van der Waals surface area contributed by atoms with Crippen molar-refractivity contribution in [2.75, 3.05) is 22.1 Å². The van der Waals surface area contributed by atoms with Crippen molar-refractivity contribution in [1.29, 1.82) is 0 Å². The SMILES string of the molecule is Nc1nc2ncc(CNc3ccc(C(=O)N[C@@H](CCC(=O)O)C(=O)O)cc3)nc2c(=O)[nH]1.Nc1nc2ncc(CNc3ccc(C(=O)N[C@@H](CCC(=O)O)C(=O)O)cc3)nc2c(=O)[nH]1.O.[Cu]. The van der Waals surface area contributed by atoms with Gasteiger partial charge in [0.1, 0.15) is 12.1 Å². The van der Waals surface area contributed by atoms with Crippen molar-refractivity contribution in [2.45, 2.75) is 50.9 Å². The minimum atomic E-state index is -1.31. The average molecular weight is 964 g/mol. The second-order valence-electron chi connectivity index (χ2n) is 13.4. The summed E-state index contributed by atoms with van der Waals surface area (Å²) in [6, 6.07) is 9.73. The third kappa shape index (κ3) is 14.7. The summed E-state index contributed by atoms with van der Waals surface area (Å²) in [5.41, 5.74) is 12.9. The number of amides is 2. The molecule has 66 heavy (non-hydrogen) atoms. The summed E-state index contributed by atoms with van der Waals surface area (Å²) in [4.78, 5) is 121. The van der Waals surface area contributed by atoms with Crippen molar-refractivity contribution in [2.24, 2.45) is 0 Å². The molecule has 0 aliphatic rings. The van der Waals surface area contributed by atoms with E-state index in [4.69, 9.17) is 31.9 Å². The standard InChI is InChI=1S/2C19H19N7O6.Cu.H2O/c2*20-19-25-15-14(17(30)26-19)23-11(8-22-15)7-21-10-3-1-9(2-4-10)16(29)24-12(18(31)32)5-6-13(27)28;;/h2*1-4,8,12,21H,5-7H2,(H,24,29)(H,27,28)(H,31,32)(H3,20,22,25,26,30);;1H2/t2*12-;;/m00../s1. The van der Waals surface area contributed by atoms with Crippen LogP contribution in [0.3, 0.4) is 0 Å². The van der Waals surface area contributed by atoms with E-state index in [9.17, 15) is 38.4 Å². The molecule has 0 bridgehead atoms. The summed E-state index contributed by atoms with van der Waals surface area (Å²) < 4.78 is 0. The van der Waals surface area contributed by atoms with Crippen molar-refractivity contribution < 1.29 is 71.7 Å². The molecule has 2 amide bonds. The van der Waals surface area contributed by atoms with Gasteiger partial charge in [-0.3, -0.25) is 38.7 Å². The van der Waals surface area contributed by atoms with Gasteiger partial charge in [-0.1, -0.05) is 0 Å². The number of hydrogen-bond donors (Lipinski definition) is 12. The van der Waals surface area contributed by atoms with Crippen molar-refractivity contribution >= 4 is 81.3 Å². The molecule has 0 saturated carbocycles. The van der Waals surface area contributed by atoms with Crippen LogP contribution < -0.4 is 43.9 Å². The molecular formula is C38H40CuN14O13. The average Bonchev–Trinajstić information content (AvgIpc) is 3.25. The molecule has 27 nitrogen and oxygen atoms in total. The van der Waals surface area contributed by atoms with Gasteiger partial charge in [-0.15, -0.1) is 0 Å². The maximum Gasteiger partial charge on any atom is 0.326 e. The van der Waals surface area contributed by atoms with Gasteiger partial charge in [-0.2, -0.15) is 9.97 Å². The number of H-pyrrole nitrogens is 2. The van der Waals surface area contributed by atoms with Gasteiger partial charge in [0.15, 0.2) is 22.3 Å². The normalized spacial score (nSPS) is 11.3. The second-order valence-corrected chi connectivity index (χ2v) is 13.4. The number of carbonyl (C=O) groups is 6. The number of nitrogens with zero attached hydrogens (tertiary/aromatic N) is 6. The Hall–Kier alpha value is -8.62. The van der Waals surface area contributed by atoms with Gasteiger partial charge >= 0.3 is 23.9 Å². The van der Waals surface area contributed by atoms with Gasteiger partial charge in [0.05, 0.1) is 36.9 Å². The van der Waals surface area contributed by atoms with Crippen LogP contribution in [0.4, 0.5) is 23.3 Å². The van der Waals surface area contributed by atoms with E-state index in [2.05, 4.69) is 61.1 Å². The van der Waals surface area contributed by atoms with Crippen molar-refractivity contribution in [1.82, 2.24) is 50.5 Å². The van der Waals surface area contributed by atoms with Gasteiger partial charge in [-0.25, -0.2) is 29.5 Å². The van der Waals surface area contributed by atoms with E-state index >= 15 is 0 Å². The molecule has 16 N–H and O–H groups in total. The van der Waals surface area contributed by atoms with Crippen molar-refractivity contribution in [3.05, 3.63) is 104 Å². The van der Waals surface area contributed by atoms with E-state index in [0.717, 1.165) is 0 Å². The molecule has 1 radical (unpaired) electrons. The monoisotopic (exact) mass is 963 g/mol. The van der Waals surface area contributed by atoms with Gasteiger partial charge in [0.25, 0.3) is 22.9 Å². The van der Waals surface area contributed by atoms with E-state index < -0.39 is 58.9 Å². The molecule has 6 rings (SSSR count). The number of carboxylic acids is 4. The Bertz CT molecular complexity index is 2650. The number of benzene rings is 2. The maximum atomic E-state index is 12.3. The fraction of sp³-hybridized carbons (Fsp3) is 0.211. The van der Waals surface area contributed by atoms with Crippen LogP contribution in [0.25, 0.3) is 22.3 Å². The molecule has 6 aromatic rings. The minimum Gasteiger partial charge on any atom is -0.481 e. The Labute approximate surface area is 379 Å². The number of aliphatic carboxylic acids is 4. The third-order valence-corrected chi connectivity index (χ3v) is 8.71. The Balaban J connectivity index is 0.000000340. The smallest absolute Gasteiger partial charge is 0.326 e. The van der Waals surface area contributed by atoms with Gasteiger partial charge in [0.2, 0.25) is 11.9 Å². The van der Waals surface area contributed by atoms with Crippen LogP contribution in [-0.4, -0.2) is 114 Å². The first kappa shape index (κ1) is 51.7. The molecule has 0 fully saturated rings. The number of carbonyl (C=O) groups excluding carboxylic acids is 2. The summed E-state index contributed by atoms with van der Waals surface area (Å²) in [6.07, 6.45) is 1.68. The molecule has 351 valence electrons. The number of nitrogens with two attached hydrogens (primary N) is 2. The van der Waals surface area contributed by atoms with Crippen LogP contribution in [0.2, 0.25) is 0 Å². The Morgan fingerprint density at radius 3 is 1.24 bits per heavy atom. The molecule has 0 aliphatic carbocycles. The van der Waals surface area contributed by atoms with E-state index in [0.29, 0.717) is 22.8 Å². The zero-order valence-electron chi connectivity index (χ0n) is 33.9. The zero-order valence-corrected chi connectivity index (χ0v) is 34.8. The summed E-state index contributed by atoms with van der Waals surface area (Å²) in [6.45, 7) is 0.461. The summed E-state index contributed by atoms with van der Waals surface area (Å²) >= 11 is 0.